The summed E-state index contributed by atoms with van der Waals surface area (Å²) in [5.41, 5.74) is 6.39. The molecule has 7 nitrogen and oxygen atoms in total. The second-order valence-corrected chi connectivity index (χ2v) is 8.12. The smallest absolute Gasteiger partial charge is 0.238 e. The standard InChI is InChI=1S/C22H23N5O2/c23-20(28)22(10-11-22)21(29)26-12-4-7-16(13-26)18-14-27(25-24-18)19-9-3-6-15-5-1-2-8-17(15)19/h1-3,5-6,8-9,14,16H,4,7,10-13H2,(H2,23,28). The van der Waals surface area contributed by atoms with Crippen molar-refractivity contribution in [3.63, 3.8) is 0 Å². The molecule has 148 valence electrons. The normalized spacial score (nSPS) is 20.6. The van der Waals surface area contributed by atoms with Crippen LogP contribution in [0.15, 0.2) is 48.7 Å². The number of hydrogen-bond donors (Lipinski definition) is 1. The van der Waals surface area contributed by atoms with Gasteiger partial charge in [-0.2, -0.15) is 0 Å². The van der Waals surface area contributed by atoms with E-state index in [9.17, 15) is 9.59 Å². The first-order valence-electron chi connectivity index (χ1n) is 10.1. The van der Waals surface area contributed by atoms with Crippen LogP contribution >= 0.6 is 0 Å². The van der Waals surface area contributed by atoms with Gasteiger partial charge in [-0.25, -0.2) is 4.68 Å². The number of nitrogens with zero attached hydrogens (tertiary/aromatic N) is 4. The van der Waals surface area contributed by atoms with Gasteiger partial charge in [-0.15, -0.1) is 5.10 Å². The minimum absolute atomic E-state index is 0.111. The number of piperidine rings is 1. The summed E-state index contributed by atoms with van der Waals surface area (Å²) in [5, 5.41) is 11.0. The molecule has 3 aromatic rings. The number of carbonyl (C=O) groups is 2. The number of carbonyl (C=O) groups excluding carboxylic acids is 2. The average molecular weight is 389 g/mol. The fourth-order valence-electron chi connectivity index (χ4n) is 4.39. The minimum atomic E-state index is -0.956. The first-order valence-corrected chi connectivity index (χ1v) is 10.1. The van der Waals surface area contributed by atoms with Crippen LogP contribution in [0.1, 0.15) is 37.3 Å². The van der Waals surface area contributed by atoms with Gasteiger partial charge in [0.15, 0.2) is 0 Å². The Bertz CT molecular complexity index is 1100. The summed E-state index contributed by atoms with van der Waals surface area (Å²) in [4.78, 5) is 26.4. The molecule has 2 fully saturated rings. The molecule has 0 radical (unpaired) electrons. The molecule has 29 heavy (non-hydrogen) atoms. The van der Waals surface area contributed by atoms with Crippen LogP contribution in [0.2, 0.25) is 0 Å². The lowest BCUT2D eigenvalue weighted by atomic mass is 9.93. The molecule has 2 heterocycles. The summed E-state index contributed by atoms with van der Waals surface area (Å²) in [6.07, 6.45) is 4.93. The lowest BCUT2D eigenvalue weighted by molar-refractivity contribution is -0.143. The molecule has 2 aliphatic rings. The Kier molecular flexibility index (Phi) is 4.12. The van der Waals surface area contributed by atoms with Gasteiger partial charge in [0.2, 0.25) is 11.8 Å². The summed E-state index contributed by atoms with van der Waals surface area (Å²) in [6.45, 7) is 1.23. The monoisotopic (exact) mass is 389 g/mol. The largest absolute Gasteiger partial charge is 0.369 e. The van der Waals surface area contributed by atoms with Crippen LogP contribution in [0.3, 0.4) is 0 Å². The summed E-state index contributed by atoms with van der Waals surface area (Å²) < 4.78 is 1.81. The number of nitrogens with two attached hydrogens (primary N) is 1. The molecule has 1 atom stereocenters. The maximum Gasteiger partial charge on any atom is 0.238 e. The second-order valence-electron chi connectivity index (χ2n) is 8.12. The zero-order valence-corrected chi connectivity index (χ0v) is 16.1. The van der Waals surface area contributed by atoms with Crippen molar-refractivity contribution in [3.05, 3.63) is 54.4 Å². The van der Waals surface area contributed by atoms with Crippen molar-refractivity contribution in [2.45, 2.75) is 31.6 Å². The quantitative estimate of drug-likeness (QED) is 0.693. The van der Waals surface area contributed by atoms with Gasteiger partial charge in [0.05, 0.1) is 17.6 Å². The molecule has 0 spiro atoms. The molecule has 1 saturated heterocycles. The predicted octanol–water partition coefficient (Wildman–Crippen LogP) is 2.39. The summed E-state index contributed by atoms with van der Waals surface area (Å²) in [5.74, 6) is -0.497. The summed E-state index contributed by atoms with van der Waals surface area (Å²) >= 11 is 0. The number of likely N-dealkylation sites (tertiary alicyclic amines) is 1. The molecule has 1 unspecified atom stereocenters. The van der Waals surface area contributed by atoms with E-state index in [2.05, 4.69) is 28.5 Å². The third-order valence-corrected chi connectivity index (χ3v) is 6.28. The zero-order valence-electron chi connectivity index (χ0n) is 16.1. The third-order valence-electron chi connectivity index (χ3n) is 6.28. The Balaban J connectivity index is 1.39. The van der Waals surface area contributed by atoms with Gasteiger partial charge in [-0.05, 0) is 37.1 Å². The Morgan fingerprint density at radius 2 is 1.90 bits per heavy atom. The summed E-state index contributed by atoms with van der Waals surface area (Å²) in [6, 6.07) is 14.3. The van der Waals surface area contributed by atoms with E-state index in [4.69, 9.17) is 5.73 Å². The molecule has 2 N–H and O–H groups in total. The highest BCUT2D eigenvalue weighted by Crippen LogP contribution is 2.47. The van der Waals surface area contributed by atoms with Gasteiger partial charge in [0.1, 0.15) is 5.41 Å². The Labute approximate surface area is 168 Å². The molecule has 5 rings (SSSR count). The number of rotatable bonds is 4. The fraction of sp³-hybridized carbons (Fsp3) is 0.364. The van der Waals surface area contributed by atoms with E-state index in [1.807, 2.05) is 35.1 Å². The van der Waals surface area contributed by atoms with Crippen molar-refractivity contribution in [2.75, 3.05) is 13.1 Å². The van der Waals surface area contributed by atoms with E-state index in [-0.39, 0.29) is 11.8 Å². The molecule has 1 aliphatic heterocycles. The van der Waals surface area contributed by atoms with Gasteiger partial charge < -0.3 is 10.6 Å². The zero-order chi connectivity index (χ0) is 20.0. The van der Waals surface area contributed by atoms with E-state index >= 15 is 0 Å². The van der Waals surface area contributed by atoms with Crippen molar-refractivity contribution in [1.82, 2.24) is 19.9 Å². The van der Waals surface area contributed by atoms with E-state index < -0.39 is 11.3 Å². The average Bonchev–Trinajstić information content (AvgIpc) is 3.43. The molecule has 1 saturated carbocycles. The number of benzene rings is 2. The fourth-order valence-corrected chi connectivity index (χ4v) is 4.39. The molecule has 0 bridgehead atoms. The van der Waals surface area contributed by atoms with E-state index in [1.54, 1.807) is 4.90 Å². The topological polar surface area (TPSA) is 94.1 Å². The third kappa shape index (κ3) is 2.97. The molecule has 1 aromatic heterocycles. The highest BCUT2D eigenvalue weighted by molar-refractivity contribution is 6.07. The second kappa shape index (κ2) is 6.69. The van der Waals surface area contributed by atoms with Crippen LogP contribution in [-0.2, 0) is 9.59 Å². The molecule has 7 heteroatoms. The summed E-state index contributed by atoms with van der Waals surface area (Å²) in [7, 11) is 0. The predicted molar refractivity (Wildman–Crippen MR) is 108 cm³/mol. The lowest BCUT2D eigenvalue weighted by Gasteiger charge is -2.33. The maximum absolute atomic E-state index is 12.9. The van der Waals surface area contributed by atoms with E-state index in [0.29, 0.717) is 25.9 Å². The van der Waals surface area contributed by atoms with Gasteiger partial charge in [-0.3, -0.25) is 9.59 Å². The van der Waals surface area contributed by atoms with Crippen molar-refractivity contribution in [2.24, 2.45) is 11.1 Å². The van der Waals surface area contributed by atoms with Crippen LogP contribution in [0.5, 0.6) is 0 Å². The number of hydrogen-bond acceptors (Lipinski definition) is 4. The molecule has 2 aromatic carbocycles. The highest BCUT2D eigenvalue weighted by Gasteiger charge is 2.57. The molecular formula is C22H23N5O2. The first kappa shape index (κ1) is 17.8. The van der Waals surface area contributed by atoms with Crippen LogP contribution in [0.4, 0.5) is 0 Å². The van der Waals surface area contributed by atoms with Crippen molar-refractivity contribution >= 4 is 22.6 Å². The number of amides is 2. The highest BCUT2D eigenvalue weighted by atomic mass is 16.2. The Morgan fingerprint density at radius 3 is 2.69 bits per heavy atom. The maximum atomic E-state index is 12.9. The number of aromatic nitrogens is 3. The van der Waals surface area contributed by atoms with E-state index in [0.717, 1.165) is 35.0 Å². The van der Waals surface area contributed by atoms with Gasteiger partial charge in [-0.1, -0.05) is 41.6 Å². The van der Waals surface area contributed by atoms with Gasteiger partial charge in [0.25, 0.3) is 0 Å². The Morgan fingerprint density at radius 1 is 1.10 bits per heavy atom. The van der Waals surface area contributed by atoms with Crippen LogP contribution in [0, 0.1) is 5.41 Å². The van der Waals surface area contributed by atoms with Crippen LogP contribution in [0.25, 0.3) is 16.5 Å². The first-order chi connectivity index (χ1) is 14.1. The van der Waals surface area contributed by atoms with E-state index in [1.165, 1.54) is 0 Å². The molecular weight excluding hydrogens is 366 g/mol. The van der Waals surface area contributed by atoms with Crippen molar-refractivity contribution in [3.8, 4) is 5.69 Å². The minimum Gasteiger partial charge on any atom is -0.369 e. The van der Waals surface area contributed by atoms with Crippen molar-refractivity contribution < 1.29 is 9.59 Å². The molecule has 2 amide bonds. The molecule has 1 aliphatic carbocycles. The SMILES string of the molecule is NC(=O)C1(C(=O)N2CCCC(c3cn(-c4cccc5ccccc45)nn3)C2)CC1. The van der Waals surface area contributed by atoms with Crippen molar-refractivity contribution in [1.29, 1.82) is 0 Å². The number of primary amides is 1. The van der Waals surface area contributed by atoms with Gasteiger partial charge >= 0.3 is 0 Å². The number of fused-ring (bicyclic) bond motifs is 1. The van der Waals surface area contributed by atoms with Crippen LogP contribution < -0.4 is 5.73 Å². The van der Waals surface area contributed by atoms with Crippen LogP contribution in [-0.4, -0.2) is 44.8 Å². The van der Waals surface area contributed by atoms with Gasteiger partial charge in [0, 0.05) is 24.4 Å². The Hall–Kier alpha value is -3.22. The lowest BCUT2D eigenvalue weighted by Crippen LogP contribution is -2.47.